The molecular formula is C12H17N7S. The molecule has 3 N–H and O–H groups in total. The van der Waals surface area contributed by atoms with Gasteiger partial charge in [0.1, 0.15) is 0 Å². The summed E-state index contributed by atoms with van der Waals surface area (Å²) >= 11 is 1.66. The first kappa shape index (κ1) is 13.3. The Morgan fingerprint density at radius 2 is 2.15 bits per heavy atom. The number of thioether (sulfide) groups is 1. The number of aromatic nitrogens is 5. The molecule has 0 aromatic carbocycles. The third-order valence-corrected chi connectivity index (χ3v) is 4.44. The van der Waals surface area contributed by atoms with Gasteiger partial charge in [0.05, 0.1) is 0 Å². The average Bonchev–Trinajstić information content (AvgIpc) is 3.17. The van der Waals surface area contributed by atoms with Crippen LogP contribution in [0.4, 0.5) is 5.95 Å². The van der Waals surface area contributed by atoms with Crippen LogP contribution in [0.3, 0.4) is 0 Å². The van der Waals surface area contributed by atoms with Crippen LogP contribution in [-0.2, 0) is 0 Å². The molecule has 2 aromatic heterocycles. The molecule has 2 aromatic rings. The number of rotatable bonds is 5. The van der Waals surface area contributed by atoms with Crippen molar-refractivity contribution >= 4 is 17.7 Å². The molecule has 106 valence electrons. The first-order valence-electron chi connectivity index (χ1n) is 6.70. The van der Waals surface area contributed by atoms with Gasteiger partial charge in [0.15, 0.2) is 5.16 Å². The van der Waals surface area contributed by atoms with Gasteiger partial charge in [0.25, 0.3) is 5.95 Å². The van der Waals surface area contributed by atoms with E-state index >= 15 is 0 Å². The van der Waals surface area contributed by atoms with Gasteiger partial charge in [-0.15, -0.1) is 0 Å². The van der Waals surface area contributed by atoms with Crippen LogP contribution in [0.15, 0.2) is 23.6 Å². The second kappa shape index (κ2) is 6.19. The second-order valence-corrected chi connectivity index (χ2v) is 5.79. The third kappa shape index (κ3) is 3.07. The maximum atomic E-state index is 5.42. The molecule has 20 heavy (non-hydrogen) atoms. The number of anilines is 1. The fourth-order valence-electron chi connectivity index (χ4n) is 2.33. The maximum absolute atomic E-state index is 5.42. The fourth-order valence-corrected chi connectivity index (χ4v) is 3.35. The van der Waals surface area contributed by atoms with E-state index in [0.717, 1.165) is 11.7 Å². The molecular weight excluding hydrogens is 274 g/mol. The minimum Gasteiger partial charge on any atom is -0.292 e. The van der Waals surface area contributed by atoms with Crippen molar-refractivity contribution < 1.29 is 0 Å². The average molecular weight is 291 g/mol. The van der Waals surface area contributed by atoms with Gasteiger partial charge < -0.3 is 0 Å². The van der Waals surface area contributed by atoms with Gasteiger partial charge in [-0.1, -0.05) is 24.6 Å². The molecule has 1 aliphatic rings. The summed E-state index contributed by atoms with van der Waals surface area (Å²) in [5.41, 5.74) is 2.48. The standard InChI is InChI=1S/C12H17N7S/c13-18-10-15-11(19-7-3-6-14-19)17-12(16-10)20-8-9-4-1-2-5-9/h3,6-7,9H,1-2,4-5,8,13H2,(H,15,16,17,18). The molecule has 0 bridgehead atoms. The Balaban J connectivity index is 1.77. The van der Waals surface area contributed by atoms with E-state index in [4.69, 9.17) is 5.84 Å². The SMILES string of the molecule is NNc1nc(SCC2CCCC2)nc(-n2cccn2)n1. The molecule has 0 saturated heterocycles. The Morgan fingerprint density at radius 1 is 1.30 bits per heavy atom. The van der Waals surface area contributed by atoms with Crippen LogP contribution >= 0.6 is 11.8 Å². The molecule has 0 amide bonds. The van der Waals surface area contributed by atoms with E-state index in [1.807, 2.05) is 6.07 Å². The number of nitrogens with one attached hydrogen (secondary N) is 1. The summed E-state index contributed by atoms with van der Waals surface area (Å²) in [5, 5.41) is 4.81. The number of nitrogens with zero attached hydrogens (tertiary/aromatic N) is 5. The van der Waals surface area contributed by atoms with Gasteiger partial charge in [-0.2, -0.15) is 20.1 Å². The summed E-state index contributed by atoms with van der Waals surface area (Å²) in [6.07, 6.45) is 8.79. The van der Waals surface area contributed by atoms with Gasteiger partial charge in [-0.25, -0.2) is 10.5 Å². The molecule has 8 heteroatoms. The summed E-state index contributed by atoms with van der Waals surface area (Å²) in [6.45, 7) is 0. The lowest BCUT2D eigenvalue weighted by Crippen LogP contribution is -2.14. The minimum absolute atomic E-state index is 0.361. The van der Waals surface area contributed by atoms with Gasteiger partial charge in [-0.3, -0.25) is 5.43 Å². The highest BCUT2D eigenvalue weighted by Crippen LogP contribution is 2.30. The third-order valence-electron chi connectivity index (χ3n) is 3.36. The largest absolute Gasteiger partial charge is 0.292 e. The molecule has 1 aliphatic carbocycles. The molecule has 1 fully saturated rings. The number of nitrogen functional groups attached to an aromatic ring is 1. The lowest BCUT2D eigenvalue weighted by Gasteiger charge is -2.09. The lowest BCUT2D eigenvalue weighted by atomic mass is 10.1. The number of hydrogen-bond acceptors (Lipinski definition) is 7. The van der Waals surface area contributed by atoms with E-state index in [9.17, 15) is 0 Å². The summed E-state index contributed by atoms with van der Waals surface area (Å²) in [4.78, 5) is 12.9. The zero-order valence-electron chi connectivity index (χ0n) is 11.1. The minimum atomic E-state index is 0.361. The summed E-state index contributed by atoms with van der Waals surface area (Å²) in [6, 6.07) is 1.82. The molecule has 2 heterocycles. The van der Waals surface area contributed by atoms with E-state index in [2.05, 4.69) is 25.5 Å². The Kier molecular flexibility index (Phi) is 4.12. The Hall–Kier alpha value is -1.67. The highest BCUT2D eigenvalue weighted by atomic mass is 32.2. The van der Waals surface area contributed by atoms with Crippen LogP contribution < -0.4 is 11.3 Å². The first-order valence-corrected chi connectivity index (χ1v) is 7.69. The van der Waals surface area contributed by atoms with E-state index in [1.54, 1.807) is 28.8 Å². The molecule has 3 rings (SSSR count). The first-order chi connectivity index (χ1) is 9.85. The zero-order valence-corrected chi connectivity index (χ0v) is 11.9. The molecule has 1 saturated carbocycles. The van der Waals surface area contributed by atoms with E-state index in [1.165, 1.54) is 25.7 Å². The smallest absolute Gasteiger partial charge is 0.256 e. The van der Waals surface area contributed by atoms with Gasteiger partial charge >= 0.3 is 0 Å². The van der Waals surface area contributed by atoms with Gasteiger partial charge in [0.2, 0.25) is 5.95 Å². The van der Waals surface area contributed by atoms with Crippen molar-refractivity contribution in [3.8, 4) is 5.95 Å². The van der Waals surface area contributed by atoms with Crippen molar-refractivity contribution in [2.24, 2.45) is 11.8 Å². The van der Waals surface area contributed by atoms with Crippen molar-refractivity contribution in [2.45, 2.75) is 30.8 Å². The Labute approximate surface area is 121 Å². The zero-order chi connectivity index (χ0) is 13.8. The highest BCUT2D eigenvalue weighted by Gasteiger charge is 2.16. The summed E-state index contributed by atoms with van der Waals surface area (Å²) in [7, 11) is 0. The maximum Gasteiger partial charge on any atom is 0.256 e. The second-order valence-electron chi connectivity index (χ2n) is 4.80. The van der Waals surface area contributed by atoms with Crippen LogP contribution in [0.5, 0.6) is 0 Å². The highest BCUT2D eigenvalue weighted by molar-refractivity contribution is 7.99. The molecule has 0 aliphatic heterocycles. The van der Waals surface area contributed by atoms with Crippen LogP contribution in [0.1, 0.15) is 25.7 Å². The predicted octanol–water partition coefficient (Wildman–Crippen LogP) is 1.63. The van der Waals surface area contributed by atoms with E-state index in [-0.39, 0.29) is 0 Å². The Morgan fingerprint density at radius 3 is 2.85 bits per heavy atom. The van der Waals surface area contributed by atoms with Crippen LogP contribution in [0.25, 0.3) is 5.95 Å². The normalized spacial score (nSPS) is 15.7. The van der Waals surface area contributed by atoms with Gasteiger partial charge in [-0.05, 0) is 24.8 Å². The predicted molar refractivity (Wildman–Crippen MR) is 77.4 cm³/mol. The Bertz CT molecular complexity index is 551. The van der Waals surface area contributed by atoms with Crippen LogP contribution in [0, 0.1) is 5.92 Å². The van der Waals surface area contributed by atoms with Crippen LogP contribution in [-0.4, -0.2) is 30.5 Å². The number of hydrazine groups is 1. The van der Waals surface area contributed by atoms with E-state index < -0.39 is 0 Å². The van der Waals surface area contributed by atoms with Crippen molar-refractivity contribution in [2.75, 3.05) is 11.2 Å². The summed E-state index contributed by atoms with van der Waals surface area (Å²) in [5.74, 6) is 8.08. The topological polar surface area (TPSA) is 94.5 Å². The summed E-state index contributed by atoms with van der Waals surface area (Å²) < 4.78 is 1.60. The van der Waals surface area contributed by atoms with Gasteiger partial charge in [0, 0.05) is 18.1 Å². The number of nitrogens with two attached hydrogens (primary N) is 1. The van der Waals surface area contributed by atoms with E-state index in [0.29, 0.717) is 17.1 Å². The fraction of sp³-hybridized carbons (Fsp3) is 0.500. The molecule has 0 atom stereocenters. The van der Waals surface area contributed by atoms with Crippen molar-refractivity contribution in [1.29, 1.82) is 0 Å². The van der Waals surface area contributed by atoms with Crippen molar-refractivity contribution in [1.82, 2.24) is 24.7 Å². The molecule has 0 unspecified atom stereocenters. The molecule has 0 radical (unpaired) electrons. The van der Waals surface area contributed by atoms with Crippen molar-refractivity contribution in [3.05, 3.63) is 18.5 Å². The van der Waals surface area contributed by atoms with Crippen molar-refractivity contribution in [3.63, 3.8) is 0 Å². The quantitative estimate of drug-likeness (QED) is 0.491. The molecule has 7 nitrogen and oxygen atoms in total. The van der Waals surface area contributed by atoms with Crippen LogP contribution in [0.2, 0.25) is 0 Å². The number of hydrogen-bond donors (Lipinski definition) is 2. The monoisotopic (exact) mass is 291 g/mol. The molecule has 0 spiro atoms. The lowest BCUT2D eigenvalue weighted by molar-refractivity contribution is 0.622.